The first kappa shape index (κ1) is 14.6. The van der Waals surface area contributed by atoms with Gasteiger partial charge in [0.1, 0.15) is 4.75 Å². The van der Waals surface area contributed by atoms with Crippen LogP contribution < -0.4 is 0 Å². The molecule has 3 nitrogen and oxygen atoms in total. The summed E-state index contributed by atoms with van der Waals surface area (Å²) in [4.78, 5) is 11.7. The Labute approximate surface area is 93.2 Å². The van der Waals surface area contributed by atoms with Crippen LogP contribution in [-0.4, -0.2) is 25.2 Å². The lowest BCUT2D eigenvalue weighted by atomic mass is 9.99. The third-order valence-electron chi connectivity index (χ3n) is 2.78. The molecule has 0 aromatic rings. The van der Waals surface area contributed by atoms with Crippen LogP contribution in [0, 0.1) is 5.92 Å². The summed E-state index contributed by atoms with van der Waals surface area (Å²) in [6.07, 6.45) is 3.21. The number of carbonyl (C=O) groups is 1. The summed E-state index contributed by atoms with van der Waals surface area (Å²) < 4.78 is 21.5. The van der Waals surface area contributed by atoms with Crippen LogP contribution in [0.1, 0.15) is 47.0 Å². The Morgan fingerprint density at radius 1 is 1.27 bits per heavy atom. The van der Waals surface area contributed by atoms with Gasteiger partial charge in [0.15, 0.2) is 15.6 Å². The van der Waals surface area contributed by atoms with Crippen LogP contribution >= 0.6 is 0 Å². The van der Waals surface area contributed by atoms with Crippen molar-refractivity contribution in [1.82, 2.24) is 0 Å². The molecule has 0 heterocycles. The number of carbonyl (C=O) groups excluding carboxylic acids is 1. The molecule has 0 saturated heterocycles. The molecule has 0 atom stereocenters. The smallest absolute Gasteiger partial charge is 0.159 e. The molecule has 0 saturated carbocycles. The predicted molar refractivity (Wildman–Crippen MR) is 62.6 cm³/mol. The summed E-state index contributed by atoms with van der Waals surface area (Å²) in [6.45, 7) is 7.15. The highest BCUT2D eigenvalue weighted by Crippen LogP contribution is 2.20. The molecule has 0 rings (SSSR count). The summed E-state index contributed by atoms with van der Waals surface area (Å²) in [7, 11) is -3.30. The molecule has 0 aliphatic rings. The van der Waals surface area contributed by atoms with E-state index in [0.29, 0.717) is 12.3 Å². The minimum absolute atomic E-state index is 0.175. The summed E-state index contributed by atoms with van der Waals surface area (Å²) in [5.41, 5.74) is 0. The van der Waals surface area contributed by atoms with Gasteiger partial charge in [-0.15, -0.1) is 0 Å². The van der Waals surface area contributed by atoms with Crippen molar-refractivity contribution in [2.24, 2.45) is 5.92 Å². The zero-order chi connectivity index (χ0) is 12.3. The molecule has 0 aromatic carbocycles. The Morgan fingerprint density at radius 3 is 2.07 bits per heavy atom. The van der Waals surface area contributed by atoms with Gasteiger partial charge < -0.3 is 0 Å². The fraction of sp³-hybridized carbons (Fsp3) is 0.909. The van der Waals surface area contributed by atoms with Crippen molar-refractivity contribution >= 4 is 15.6 Å². The number of hydrogen-bond donors (Lipinski definition) is 0. The maximum atomic E-state index is 11.7. The normalized spacial score (nSPS) is 13.2. The molecule has 0 bridgehead atoms. The van der Waals surface area contributed by atoms with Crippen LogP contribution in [0.2, 0.25) is 0 Å². The van der Waals surface area contributed by atoms with E-state index >= 15 is 0 Å². The van der Waals surface area contributed by atoms with E-state index in [1.807, 2.05) is 0 Å². The largest absolute Gasteiger partial charge is 0.298 e. The minimum atomic E-state index is -3.30. The molecule has 4 heteroatoms. The van der Waals surface area contributed by atoms with Gasteiger partial charge in [-0.3, -0.25) is 4.79 Å². The second kappa shape index (κ2) is 5.10. The minimum Gasteiger partial charge on any atom is -0.298 e. The molecule has 0 fully saturated rings. The van der Waals surface area contributed by atoms with Crippen LogP contribution in [0.15, 0.2) is 0 Å². The van der Waals surface area contributed by atoms with Crippen LogP contribution in [0.25, 0.3) is 0 Å². The lowest BCUT2D eigenvalue weighted by Crippen LogP contribution is -2.39. The average Bonchev–Trinajstić information content (AvgIpc) is 2.01. The highest BCUT2D eigenvalue weighted by Gasteiger charge is 2.37. The first-order valence-corrected chi connectivity index (χ1v) is 7.21. The number of Topliss-reactive ketones (excluding diaryl/α,β-unsaturated/α-hetero) is 1. The molecule has 0 spiro atoms. The maximum Gasteiger partial charge on any atom is 0.159 e. The van der Waals surface area contributed by atoms with E-state index in [9.17, 15) is 13.2 Å². The van der Waals surface area contributed by atoms with Crippen LogP contribution in [0.3, 0.4) is 0 Å². The Morgan fingerprint density at radius 2 is 1.73 bits per heavy atom. The molecular formula is C11H22O3S. The predicted octanol–water partition coefficient (Wildman–Crippen LogP) is 2.21. The molecule has 0 N–H and O–H groups in total. The van der Waals surface area contributed by atoms with Gasteiger partial charge in [0.2, 0.25) is 0 Å². The van der Waals surface area contributed by atoms with Crippen LogP contribution in [0.5, 0.6) is 0 Å². The van der Waals surface area contributed by atoms with E-state index in [1.54, 1.807) is 0 Å². The van der Waals surface area contributed by atoms with Gasteiger partial charge in [0, 0.05) is 12.7 Å². The summed E-state index contributed by atoms with van der Waals surface area (Å²) in [6, 6.07) is 0. The van der Waals surface area contributed by atoms with Crippen molar-refractivity contribution < 1.29 is 13.2 Å². The Kier molecular flexibility index (Phi) is 4.97. The topological polar surface area (TPSA) is 51.2 Å². The molecule has 0 unspecified atom stereocenters. The zero-order valence-electron chi connectivity index (χ0n) is 10.3. The van der Waals surface area contributed by atoms with E-state index in [-0.39, 0.29) is 5.78 Å². The molecule has 0 amide bonds. The zero-order valence-corrected chi connectivity index (χ0v) is 11.1. The Balaban J connectivity index is 4.35. The van der Waals surface area contributed by atoms with Crippen molar-refractivity contribution in [3.05, 3.63) is 0 Å². The van der Waals surface area contributed by atoms with Crippen molar-refractivity contribution in [2.75, 3.05) is 6.26 Å². The molecule has 15 heavy (non-hydrogen) atoms. The van der Waals surface area contributed by atoms with E-state index < -0.39 is 14.6 Å². The fourth-order valence-electron chi connectivity index (χ4n) is 1.18. The molecule has 0 aliphatic carbocycles. The number of sulfone groups is 1. The highest BCUT2D eigenvalue weighted by atomic mass is 32.2. The highest BCUT2D eigenvalue weighted by molar-refractivity contribution is 7.92. The summed E-state index contributed by atoms with van der Waals surface area (Å²) in [5.74, 6) is 0.379. The molecular weight excluding hydrogens is 212 g/mol. The molecule has 90 valence electrons. The third kappa shape index (κ3) is 4.33. The van der Waals surface area contributed by atoms with E-state index in [0.717, 1.165) is 19.1 Å². The third-order valence-corrected chi connectivity index (χ3v) is 4.87. The van der Waals surface area contributed by atoms with Crippen molar-refractivity contribution in [3.63, 3.8) is 0 Å². The van der Waals surface area contributed by atoms with E-state index in [2.05, 4.69) is 13.8 Å². The number of rotatable bonds is 6. The van der Waals surface area contributed by atoms with Gasteiger partial charge in [-0.2, -0.15) is 0 Å². The van der Waals surface area contributed by atoms with Crippen molar-refractivity contribution in [3.8, 4) is 0 Å². The molecule has 0 aliphatic heterocycles. The summed E-state index contributed by atoms with van der Waals surface area (Å²) in [5, 5.41) is 0. The monoisotopic (exact) mass is 234 g/mol. The van der Waals surface area contributed by atoms with Gasteiger partial charge in [0.05, 0.1) is 0 Å². The first-order valence-electron chi connectivity index (χ1n) is 5.32. The number of hydrogen-bond acceptors (Lipinski definition) is 3. The lowest BCUT2D eigenvalue weighted by molar-refractivity contribution is -0.120. The SMILES string of the molecule is CC(C)CCCC(=O)C(C)(C)S(C)(=O)=O. The Bertz CT molecular complexity index is 313. The fourth-order valence-corrected chi connectivity index (χ4v) is 1.69. The summed E-state index contributed by atoms with van der Waals surface area (Å²) >= 11 is 0. The lowest BCUT2D eigenvalue weighted by Gasteiger charge is -2.20. The standard InChI is InChI=1S/C11H22O3S/c1-9(2)7-6-8-10(12)11(3,4)15(5,13)14/h9H,6-8H2,1-5H3. The van der Waals surface area contributed by atoms with E-state index in [1.165, 1.54) is 13.8 Å². The van der Waals surface area contributed by atoms with Gasteiger partial charge in [-0.05, 0) is 26.2 Å². The van der Waals surface area contributed by atoms with Gasteiger partial charge >= 0.3 is 0 Å². The second-order valence-electron chi connectivity index (χ2n) is 4.99. The molecule has 0 aromatic heterocycles. The second-order valence-corrected chi connectivity index (χ2v) is 7.56. The molecule has 0 radical (unpaired) electrons. The average molecular weight is 234 g/mol. The van der Waals surface area contributed by atoms with Crippen molar-refractivity contribution in [2.45, 2.75) is 51.7 Å². The Hall–Kier alpha value is -0.380. The van der Waals surface area contributed by atoms with Gasteiger partial charge in [-0.1, -0.05) is 20.3 Å². The first-order chi connectivity index (χ1) is 6.59. The number of ketones is 1. The van der Waals surface area contributed by atoms with Crippen molar-refractivity contribution in [1.29, 1.82) is 0 Å². The maximum absolute atomic E-state index is 11.7. The van der Waals surface area contributed by atoms with Crippen LogP contribution in [-0.2, 0) is 14.6 Å². The van der Waals surface area contributed by atoms with Gasteiger partial charge in [-0.25, -0.2) is 8.42 Å². The van der Waals surface area contributed by atoms with Gasteiger partial charge in [0.25, 0.3) is 0 Å². The quantitative estimate of drug-likeness (QED) is 0.708. The van der Waals surface area contributed by atoms with Crippen LogP contribution in [0.4, 0.5) is 0 Å². The van der Waals surface area contributed by atoms with E-state index in [4.69, 9.17) is 0 Å².